The first kappa shape index (κ1) is 15.3. The van der Waals surface area contributed by atoms with Crippen molar-refractivity contribution in [2.75, 3.05) is 13.7 Å². The van der Waals surface area contributed by atoms with Crippen LogP contribution in [0.25, 0.3) is 0 Å². The van der Waals surface area contributed by atoms with Crippen LogP contribution in [0.3, 0.4) is 0 Å². The molecule has 0 aromatic heterocycles. The van der Waals surface area contributed by atoms with Crippen LogP contribution < -0.4 is 5.32 Å². The van der Waals surface area contributed by atoms with Crippen molar-refractivity contribution in [1.29, 1.82) is 0 Å². The summed E-state index contributed by atoms with van der Waals surface area (Å²) in [4.78, 5) is 22.6. The number of nitrogens with one attached hydrogen (secondary N) is 1. The van der Waals surface area contributed by atoms with Crippen molar-refractivity contribution in [2.45, 2.75) is 25.2 Å². The molecule has 1 aromatic rings. The van der Waals surface area contributed by atoms with Crippen LogP contribution in [0.1, 0.15) is 30.7 Å². The molecule has 0 atom stereocenters. The number of hydrogen-bond acceptors (Lipinski definition) is 3. The molecule has 21 heavy (non-hydrogen) atoms. The van der Waals surface area contributed by atoms with E-state index in [0.717, 1.165) is 12.8 Å². The average Bonchev–Trinajstić information content (AvgIpc) is 2.47. The molecule has 1 aliphatic rings. The van der Waals surface area contributed by atoms with Crippen LogP contribution in [0.2, 0.25) is 0 Å². The molecule has 0 radical (unpaired) electrons. The van der Waals surface area contributed by atoms with Crippen LogP contribution in [-0.4, -0.2) is 25.5 Å². The first-order valence-electron chi connectivity index (χ1n) is 7.25. The fraction of sp³-hybridized carbons (Fsp3) is 0.412. The summed E-state index contributed by atoms with van der Waals surface area (Å²) in [7, 11) is 1.32. The van der Waals surface area contributed by atoms with Gasteiger partial charge in [-0.15, -0.1) is 0 Å². The van der Waals surface area contributed by atoms with Crippen molar-refractivity contribution in [3.63, 3.8) is 0 Å². The lowest BCUT2D eigenvalue weighted by Crippen LogP contribution is -2.30. The van der Waals surface area contributed by atoms with E-state index in [0.29, 0.717) is 24.8 Å². The Labute approximate surface area is 125 Å². The normalized spacial score (nSPS) is 20.8. The van der Waals surface area contributed by atoms with Gasteiger partial charge in [0, 0.05) is 19.0 Å². The maximum atomic E-state index is 11.7. The van der Waals surface area contributed by atoms with Crippen LogP contribution in [0, 0.1) is 5.92 Å². The molecule has 1 aliphatic carbocycles. The molecule has 0 saturated heterocycles. The van der Waals surface area contributed by atoms with Gasteiger partial charge in [-0.2, -0.15) is 0 Å². The maximum Gasteiger partial charge on any atom is 0.330 e. The molecule has 1 fully saturated rings. The van der Waals surface area contributed by atoms with E-state index in [1.165, 1.54) is 18.7 Å². The molecule has 4 heteroatoms. The summed E-state index contributed by atoms with van der Waals surface area (Å²) in [6.07, 6.45) is 5.63. The molecule has 1 aromatic carbocycles. The number of rotatable bonds is 6. The van der Waals surface area contributed by atoms with Gasteiger partial charge in [-0.25, -0.2) is 4.79 Å². The summed E-state index contributed by atoms with van der Waals surface area (Å²) in [5, 5.41) is 2.78. The van der Waals surface area contributed by atoms with E-state index in [2.05, 4.69) is 34.3 Å². The van der Waals surface area contributed by atoms with Crippen LogP contribution in [0.5, 0.6) is 0 Å². The molecular formula is C17H21NO3. The second-order valence-electron chi connectivity index (χ2n) is 5.38. The standard InChI is InChI=1S/C17H21NO3/c1-21-17(20)8-5-9-18-16(19)12-13-10-15(11-13)14-6-3-2-4-7-14/h2-8,13,15H,9-12H2,1H3,(H,18,19)/b8-5+. The highest BCUT2D eigenvalue weighted by Gasteiger charge is 2.31. The third-order valence-corrected chi connectivity index (χ3v) is 3.85. The van der Waals surface area contributed by atoms with Crippen LogP contribution in [-0.2, 0) is 14.3 Å². The monoisotopic (exact) mass is 287 g/mol. The lowest BCUT2D eigenvalue weighted by Gasteiger charge is -2.35. The van der Waals surface area contributed by atoms with E-state index in [-0.39, 0.29) is 5.91 Å². The smallest absolute Gasteiger partial charge is 0.330 e. The summed E-state index contributed by atoms with van der Waals surface area (Å²) in [6, 6.07) is 10.4. The Kier molecular flexibility index (Phi) is 5.55. The summed E-state index contributed by atoms with van der Waals surface area (Å²) in [5.41, 5.74) is 1.37. The van der Waals surface area contributed by atoms with Crippen molar-refractivity contribution >= 4 is 11.9 Å². The van der Waals surface area contributed by atoms with E-state index < -0.39 is 5.97 Å². The van der Waals surface area contributed by atoms with Gasteiger partial charge in [-0.05, 0) is 30.2 Å². The highest BCUT2D eigenvalue weighted by molar-refractivity contribution is 5.82. The Morgan fingerprint density at radius 3 is 2.67 bits per heavy atom. The summed E-state index contributed by atoms with van der Waals surface area (Å²) >= 11 is 0. The second kappa shape index (κ2) is 7.62. The van der Waals surface area contributed by atoms with Crippen molar-refractivity contribution in [1.82, 2.24) is 5.32 Å². The molecule has 1 amide bonds. The quantitative estimate of drug-likeness (QED) is 0.646. The van der Waals surface area contributed by atoms with Crippen LogP contribution >= 0.6 is 0 Å². The predicted octanol–water partition coefficient (Wildman–Crippen LogP) is 2.42. The van der Waals surface area contributed by atoms with Gasteiger partial charge in [0.25, 0.3) is 0 Å². The number of hydrogen-bond donors (Lipinski definition) is 1. The number of carbonyl (C=O) groups is 2. The molecule has 0 heterocycles. The number of esters is 1. The Balaban J connectivity index is 1.62. The first-order chi connectivity index (χ1) is 10.2. The summed E-state index contributed by atoms with van der Waals surface area (Å²) in [5.74, 6) is 0.706. The minimum absolute atomic E-state index is 0.0426. The van der Waals surface area contributed by atoms with E-state index in [9.17, 15) is 9.59 Å². The van der Waals surface area contributed by atoms with Crippen molar-refractivity contribution in [3.8, 4) is 0 Å². The molecule has 1 saturated carbocycles. The molecule has 2 rings (SSSR count). The number of benzene rings is 1. The molecule has 0 bridgehead atoms. The fourth-order valence-electron chi connectivity index (χ4n) is 2.63. The summed E-state index contributed by atoms with van der Waals surface area (Å²) < 4.78 is 4.46. The molecule has 0 unspecified atom stereocenters. The van der Waals surface area contributed by atoms with Gasteiger partial charge >= 0.3 is 5.97 Å². The van der Waals surface area contributed by atoms with Gasteiger partial charge in [-0.3, -0.25) is 4.79 Å². The maximum absolute atomic E-state index is 11.7. The minimum atomic E-state index is -0.408. The third-order valence-electron chi connectivity index (χ3n) is 3.85. The second-order valence-corrected chi connectivity index (χ2v) is 5.38. The fourth-order valence-corrected chi connectivity index (χ4v) is 2.63. The molecule has 0 spiro atoms. The number of carbonyl (C=O) groups excluding carboxylic acids is 2. The lowest BCUT2D eigenvalue weighted by molar-refractivity contribution is -0.134. The lowest BCUT2D eigenvalue weighted by atomic mass is 9.70. The van der Waals surface area contributed by atoms with Gasteiger partial charge in [-0.1, -0.05) is 36.4 Å². The largest absolute Gasteiger partial charge is 0.466 e. The highest BCUT2D eigenvalue weighted by Crippen LogP contribution is 2.43. The molecule has 1 N–H and O–H groups in total. The Morgan fingerprint density at radius 1 is 1.29 bits per heavy atom. The Bertz CT molecular complexity index is 504. The van der Waals surface area contributed by atoms with E-state index in [1.54, 1.807) is 6.08 Å². The topological polar surface area (TPSA) is 55.4 Å². The van der Waals surface area contributed by atoms with E-state index in [4.69, 9.17) is 0 Å². The van der Waals surface area contributed by atoms with E-state index >= 15 is 0 Å². The van der Waals surface area contributed by atoms with Gasteiger partial charge in [0.15, 0.2) is 0 Å². The first-order valence-corrected chi connectivity index (χ1v) is 7.25. The molecule has 0 aliphatic heterocycles. The van der Waals surface area contributed by atoms with Crippen molar-refractivity contribution in [2.24, 2.45) is 5.92 Å². The van der Waals surface area contributed by atoms with Gasteiger partial charge < -0.3 is 10.1 Å². The van der Waals surface area contributed by atoms with Gasteiger partial charge in [0.2, 0.25) is 5.91 Å². The Morgan fingerprint density at radius 2 is 2.00 bits per heavy atom. The number of amides is 1. The number of methoxy groups -OCH3 is 1. The average molecular weight is 287 g/mol. The van der Waals surface area contributed by atoms with E-state index in [1.807, 2.05) is 6.07 Å². The van der Waals surface area contributed by atoms with Crippen LogP contribution in [0.4, 0.5) is 0 Å². The third kappa shape index (κ3) is 4.74. The summed E-state index contributed by atoms with van der Waals surface area (Å²) in [6.45, 7) is 0.364. The zero-order chi connectivity index (χ0) is 15.1. The van der Waals surface area contributed by atoms with Gasteiger partial charge in [0.1, 0.15) is 0 Å². The zero-order valence-corrected chi connectivity index (χ0v) is 12.2. The van der Waals surface area contributed by atoms with Crippen LogP contribution in [0.15, 0.2) is 42.5 Å². The van der Waals surface area contributed by atoms with Crippen molar-refractivity contribution < 1.29 is 14.3 Å². The Hall–Kier alpha value is -2.10. The molecule has 112 valence electrons. The predicted molar refractivity (Wildman–Crippen MR) is 80.7 cm³/mol. The zero-order valence-electron chi connectivity index (χ0n) is 12.2. The number of ether oxygens (including phenoxy) is 1. The highest BCUT2D eigenvalue weighted by atomic mass is 16.5. The molecular weight excluding hydrogens is 266 g/mol. The van der Waals surface area contributed by atoms with Crippen molar-refractivity contribution in [3.05, 3.63) is 48.0 Å². The SMILES string of the molecule is COC(=O)/C=C/CNC(=O)CC1CC(c2ccccc2)C1. The molecule has 4 nitrogen and oxygen atoms in total. The minimum Gasteiger partial charge on any atom is -0.466 e. The van der Waals surface area contributed by atoms with Gasteiger partial charge in [0.05, 0.1) is 7.11 Å².